The Bertz CT molecular complexity index is 360. The number of ether oxygens (including phenoxy) is 1. The number of para-hydroxylation sites is 1. The number of hydrogen-bond acceptors (Lipinski definition) is 2. The Balaban J connectivity index is 2.06. The molecule has 2 rings (SSSR count). The van der Waals surface area contributed by atoms with Gasteiger partial charge in [-0.25, -0.2) is 0 Å². The maximum Gasteiger partial charge on any atom is 0.122 e. The first kappa shape index (κ1) is 12.4. The summed E-state index contributed by atoms with van der Waals surface area (Å²) < 4.78 is 5.42. The molecule has 1 N–H and O–H groups in total. The molecule has 1 fully saturated rings. The fourth-order valence-electron chi connectivity index (χ4n) is 2.61. The van der Waals surface area contributed by atoms with E-state index in [2.05, 4.69) is 31.4 Å². The molecule has 0 heterocycles. The van der Waals surface area contributed by atoms with Crippen molar-refractivity contribution in [3.63, 3.8) is 0 Å². The molecule has 17 heavy (non-hydrogen) atoms. The van der Waals surface area contributed by atoms with Gasteiger partial charge in [0.15, 0.2) is 0 Å². The Labute approximate surface area is 104 Å². The van der Waals surface area contributed by atoms with Crippen LogP contribution in [0, 0.1) is 11.8 Å². The maximum absolute atomic E-state index is 5.42. The van der Waals surface area contributed by atoms with Crippen LogP contribution in [-0.2, 0) is 6.42 Å². The highest BCUT2D eigenvalue weighted by Gasteiger charge is 2.32. The molecule has 2 nitrogen and oxygen atoms in total. The lowest BCUT2D eigenvalue weighted by Crippen LogP contribution is -2.35. The highest BCUT2D eigenvalue weighted by Crippen LogP contribution is 2.39. The Kier molecular flexibility index (Phi) is 4.06. The Morgan fingerprint density at radius 1 is 1.35 bits per heavy atom. The molecule has 94 valence electrons. The summed E-state index contributed by atoms with van der Waals surface area (Å²) in [7, 11) is 3.82. The largest absolute Gasteiger partial charge is 0.496 e. The Hall–Kier alpha value is -1.02. The van der Waals surface area contributed by atoms with Crippen LogP contribution in [0.1, 0.15) is 25.3 Å². The molecule has 0 bridgehead atoms. The minimum absolute atomic E-state index is 0.554. The molecular weight excluding hydrogens is 210 g/mol. The average Bonchev–Trinajstić information content (AvgIpc) is 3.19. The zero-order chi connectivity index (χ0) is 12.3. The first-order valence-corrected chi connectivity index (χ1v) is 6.55. The third-order valence-corrected chi connectivity index (χ3v) is 4.00. The molecule has 1 aliphatic carbocycles. The van der Waals surface area contributed by atoms with Crippen LogP contribution in [0.3, 0.4) is 0 Å². The van der Waals surface area contributed by atoms with Gasteiger partial charge < -0.3 is 10.1 Å². The lowest BCUT2D eigenvalue weighted by Gasteiger charge is -2.24. The normalized spacial score (nSPS) is 18.8. The quantitative estimate of drug-likeness (QED) is 0.815. The number of nitrogens with one attached hydrogen (secondary N) is 1. The van der Waals surface area contributed by atoms with E-state index in [1.54, 1.807) is 7.11 Å². The van der Waals surface area contributed by atoms with E-state index in [1.165, 1.54) is 18.4 Å². The molecule has 0 saturated heterocycles. The standard InChI is InChI=1S/C15H23NO/c1-11(12-8-9-12)14(16-2)10-13-6-4-5-7-15(13)17-3/h4-7,11-12,14,16H,8-10H2,1-3H3. The van der Waals surface area contributed by atoms with E-state index in [4.69, 9.17) is 4.74 Å². The van der Waals surface area contributed by atoms with E-state index in [-0.39, 0.29) is 0 Å². The van der Waals surface area contributed by atoms with Gasteiger partial charge in [0.05, 0.1) is 7.11 Å². The van der Waals surface area contributed by atoms with Crippen molar-refractivity contribution in [1.82, 2.24) is 5.32 Å². The van der Waals surface area contributed by atoms with Gasteiger partial charge in [-0.05, 0) is 49.8 Å². The van der Waals surface area contributed by atoms with Gasteiger partial charge in [-0.15, -0.1) is 0 Å². The van der Waals surface area contributed by atoms with E-state index in [0.29, 0.717) is 6.04 Å². The van der Waals surface area contributed by atoms with Crippen molar-refractivity contribution in [3.05, 3.63) is 29.8 Å². The van der Waals surface area contributed by atoms with Crippen LogP contribution in [0.5, 0.6) is 5.75 Å². The van der Waals surface area contributed by atoms with Gasteiger partial charge >= 0.3 is 0 Å². The molecule has 2 atom stereocenters. The third kappa shape index (κ3) is 3.01. The first-order chi connectivity index (χ1) is 8.26. The Morgan fingerprint density at radius 3 is 2.65 bits per heavy atom. The van der Waals surface area contributed by atoms with Crippen molar-refractivity contribution in [2.45, 2.75) is 32.2 Å². The lowest BCUT2D eigenvalue weighted by molar-refractivity contribution is 0.350. The number of methoxy groups -OCH3 is 1. The molecule has 1 saturated carbocycles. The fourth-order valence-corrected chi connectivity index (χ4v) is 2.61. The molecule has 2 heteroatoms. The fraction of sp³-hybridized carbons (Fsp3) is 0.600. The molecule has 0 radical (unpaired) electrons. The number of hydrogen-bond donors (Lipinski definition) is 1. The van der Waals surface area contributed by atoms with E-state index >= 15 is 0 Å². The van der Waals surface area contributed by atoms with E-state index in [9.17, 15) is 0 Å². The van der Waals surface area contributed by atoms with Crippen LogP contribution in [0.25, 0.3) is 0 Å². The molecular formula is C15H23NO. The van der Waals surface area contributed by atoms with Gasteiger partial charge in [0, 0.05) is 6.04 Å². The highest BCUT2D eigenvalue weighted by molar-refractivity contribution is 5.34. The molecule has 0 amide bonds. The number of benzene rings is 1. The SMILES string of the molecule is CNC(Cc1ccccc1OC)C(C)C1CC1. The summed E-state index contributed by atoms with van der Waals surface area (Å²) in [6, 6.07) is 8.89. The summed E-state index contributed by atoms with van der Waals surface area (Å²) in [5.74, 6) is 2.70. The number of likely N-dealkylation sites (N-methyl/N-ethyl adjacent to an activating group) is 1. The minimum Gasteiger partial charge on any atom is -0.496 e. The summed E-state index contributed by atoms with van der Waals surface area (Å²) in [5.41, 5.74) is 1.31. The second-order valence-corrected chi connectivity index (χ2v) is 5.11. The predicted octanol–water partition coefficient (Wildman–Crippen LogP) is 2.87. The zero-order valence-electron chi connectivity index (χ0n) is 11.1. The van der Waals surface area contributed by atoms with Crippen LogP contribution < -0.4 is 10.1 Å². The molecule has 0 spiro atoms. The van der Waals surface area contributed by atoms with Gasteiger partial charge in [-0.1, -0.05) is 25.1 Å². The Morgan fingerprint density at radius 2 is 2.06 bits per heavy atom. The minimum atomic E-state index is 0.554. The molecule has 0 aromatic heterocycles. The van der Waals surface area contributed by atoms with Gasteiger partial charge in [-0.2, -0.15) is 0 Å². The lowest BCUT2D eigenvalue weighted by atomic mass is 9.91. The topological polar surface area (TPSA) is 21.3 Å². The van der Waals surface area contributed by atoms with Gasteiger partial charge in [0.2, 0.25) is 0 Å². The summed E-state index contributed by atoms with van der Waals surface area (Å²) in [6.07, 6.45) is 3.87. The monoisotopic (exact) mass is 233 g/mol. The van der Waals surface area contributed by atoms with Gasteiger partial charge in [-0.3, -0.25) is 0 Å². The maximum atomic E-state index is 5.42. The van der Waals surface area contributed by atoms with E-state index < -0.39 is 0 Å². The van der Waals surface area contributed by atoms with Crippen molar-refractivity contribution in [2.75, 3.05) is 14.2 Å². The van der Waals surface area contributed by atoms with Crippen LogP contribution in [0.4, 0.5) is 0 Å². The average molecular weight is 233 g/mol. The summed E-state index contributed by atoms with van der Waals surface area (Å²) in [4.78, 5) is 0. The van der Waals surface area contributed by atoms with E-state index in [1.807, 2.05) is 12.1 Å². The molecule has 0 aliphatic heterocycles. The van der Waals surface area contributed by atoms with Crippen molar-refractivity contribution < 1.29 is 4.74 Å². The van der Waals surface area contributed by atoms with Gasteiger partial charge in [0.1, 0.15) is 5.75 Å². The van der Waals surface area contributed by atoms with Crippen molar-refractivity contribution in [2.24, 2.45) is 11.8 Å². The van der Waals surface area contributed by atoms with Crippen molar-refractivity contribution in [3.8, 4) is 5.75 Å². The summed E-state index contributed by atoms with van der Waals surface area (Å²) in [6.45, 7) is 2.37. The van der Waals surface area contributed by atoms with Crippen LogP contribution >= 0.6 is 0 Å². The number of rotatable bonds is 6. The van der Waals surface area contributed by atoms with Crippen LogP contribution in [0.15, 0.2) is 24.3 Å². The zero-order valence-corrected chi connectivity index (χ0v) is 11.1. The second-order valence-electron chi connectivity index (χ2n) is 5.11. The predicted molar refractivity (Wildman–Crippen MR) is 71.4 cm³/mol. The third-order valence-electron chi connectivity index (χ3n) is 4.00. The first-order valence-electron chi connectivity index (χ1n) is 6.55. The highest BCUT2D eigenvalue weighted by atomic mass is 16.5. The van der Waals surface area contributed by atoms with Crippen LogP contribution in [0.2, 0.25) is 0 Å². The summed E-state index contributed by atoms with van der Waals surface area (Å²) in [5, 5.41) is 3.47. The van der Waals surface area contributed by atoms with Crippen molar-refractivity contribution >= 4 is 0 Å². The van der Waals surface area contributed by atoms with Gasteiger partial charge in [0.25, 0.3) is 0 Å². The summed E-state index contributed by atoms with van der Waals surface area (Å²) >= 11 is 0. The van der Waals surface area contributed by atoms with E-state index in [0.717, 1.165) is 24.0 Å². The van der Waals surface area contributed by atoms with Crippen LogP contribution in [-0.4, -0.2) is 20.2 Å². The van der Waals surface area contributed by atoms with Crippen molar-refractivity contribution in [1.29, 1.82) is 0 Å². The second kappa shape index (κ2) is 5.54. The molecule has 1 aromatic rings. The molecule has 1 aliphatic rings. The molecule has 2 unspecified atom stereocenters. The smallest absolute Gasteiger partial charge is 0.122 e. The molecule has 1 aromatic carbocycles.